The number of nitrogens with zero attached hydrogens (tertiary/aromatic N) is 1. The van der Waals surface area contributed by atoms with Crippen molar-refractivity contribution in [1.82, 2.24) is 4.90 Å². The molecule has 0 saturated heterocycles. The second-order valence-corrected chi connectivity index (χ2v) is 18.0. The van der Waals surface area contributed by atoms with E-state index in [-0.39, 0.29) is 24.0 Å². The minimum atomic E-state index is -0.0308. The number of carbonyl (C=O) groups excluding carboxylic acids is 2. The summed E-state index contributed by atoms with van der Waals surface area (Å²) in [6, 6.07) is 0. The zero-order valence-corrected chi connectivity index (χ0v) is 36.3. The fourth-order valence-electron chi connectivity index (χ4n) is 7.96. The first-order chi connectivity index (χ1) is 25.7. The Labute approximate surface area is 330 Å². The molecular weight excluding hydrogens is 659 g/mol. The molecule has 1 aliphatic carbocycles. The number of hydrogen-bond donors (Lipinski definition) is 1. The lowest BCUT2D eigenvalue weighted by atomic mass is 9.88. The molecule has 0 aromatic heterocycles. The van der Waals surface area contributed by atoms with Crippen molar-refractivity contribution in [2.75, 3.05) is 39.5 Å². The Kier molecular flexibility index (Phi) is 31.1. The topological polar surface area (TPSA) is 76.1 Å². The molecule has 1 fully saturated rings. The quantitative estimate of drug-likeness (QED) is 0.0496. The molecule has 0 atom stereocenters. The van der Waals surface area contributed by atoms with Crippen LogP contribution in [0.2, 0.25) is 0 Å². The average molecular weight is 750 g/mol. The zero-order chi connectivity index (χ0) is 38.9. The van der Waals surface area contributed by atoms with Crippen LogP contribution >= 0.6 is 0 Å². The summed E-state index contributed by atoms with van der Waals surface area (Å²) in [5.41, 5.74) is 0.400. The summed E-state index contributed by atoms with van der Waals surface area (Å²) < 4.78 is 11.4. The van der Waals surface area contributed by atoms with Gasteiger partial charge in [0.15, 0.2) is 0 Å². The third kappa shape index (κ3) is 29.8. The van der Waals surface area contributed by atoms with Gasteiger partial charge in [-0.1, -0.05) is 157 Å². The number of hydrogen-bond acceptors (Lipinski definition) is 6. The molecule has 0 heterocycles. The fourth-order valence-corrected chi connectivity index (χ4v) is 7.96. The predicted octanol–water partition coefficient (Wildman–Crippen LogP) is 13.2. The molecule has 6 heteroatoms. The number of aliphatic hydroxyl groups excluding tert-OH is 1. The Morgan fingerprint density at radius 1 is 0.604 bits per heavy atom. The predicted molar refractivity (Wildman–Crippen MR) is 225 cm³/mol. The third-order valence-electron chi connectivity index (χ3n) is 12.0. The summed E-state index contributed by atoms with van der Waals surface area (Å²) in [4.78, 5) is 27.5. The van der Waals surface area contributed by atoms with E-state index in [1.807, 2.05) is 0 Å². The van der Waals surface area contributed by atoms with Gasteiger partial charge in [0.1, 0.15) is 0 Å². The molecule has 6 nitrogen and oxygen atoms in total. The molecule has 0 aliphatic heterocycles. The summed E-state index contributed by atoms with van der Waals surface area (Å²) >= 11 is 0. The van der Waals surface area contributed by atoms with Gasteiger partial charge in [0.25, 0.3) is 0 Å². The van der Waals surface area contributed by atoms with Crippen LogP contribution < -0.4 is 0 Å². The van der Waals surface area contributed by atoms with Crippen LogP contribution in [0.4, 0.5) is 0 Å². The molecule has 0 aromatic carbocycles. The van der Waals surface area contributed by atoms with Crippen molar-refractivity contribution >= 4 is 11.9 Å². The monoisotopic (exact) mass is 750 g/mol. The van der Waals surface area contributed by atoms with Gasteiger partial charge in [0, 0.05) is 26.0 Å². The van der Waals surface area contributed by atoms with Gasteiger partial charge in [0.05, 0.1) is 13.2 Å². The number of esters is 2. The molecule has 0 radical (unpaired) electrons. The van der Waals surface area contributed by atoms with Gasteiger partial charge in [-0.25, -0.2) is 0 Å². The van der Waals surface area contributed by atoms with Crippen molar-refractivity contribution in [2.45, 2.75) is 234 Å². The van der Waals surface area contributed by atoms with Crippen LogP contribution in [-0.4, -0.2) is 61.4 Å². The van der Waals surface area contributed by atoms with Crippen LogP contribution in [0.3, 0.4) is 0 Å². The summed E-state index contributed by atoms with van der Waals surface area (Å²) in [6.07, 6.45) is 36.4. The van der Waals surface area contributed by atoms with Crippen LogP contribution in [0, 0.1) is 16.7 Å². The highest BCUT2D eigenvalue weighted by atomic mass is 16.5. The Morgan fingerprint density at radius 3 is 1.74 bits per heavy atom. The van der Waals surface area contributed by atoms with Gasteiger partial charge in [-0.2, -0.15) is 0 Å². The Hall–Kier alpha value is -1.14. The molecule has 0 spiro atoms. The fraction of sp³-hybridized carbons (Fsp3) is 0.957. The summed E-state index contributed by atoms with van der Waals surface area (Å²) in [5.74, 6) is 0.699. The zero-order valence-electron chi connectivity index (χ0n) is 36.3. The van der Waals surface area contributed by atoms with E-state index >= 15 is 0 Å². The highest BCUT2D eigenvalue weighted by Crippen LogP contribution is 2.53. The van der Waals surface area contributed by atoms with Crippen LogP contribution in [-0.2, 0) is 19.1 Å². The van der Waals surface area contributed by atoms with E-state index in [1.54, 1.807) is 0 Å². The molecule has 0 aromatic rings. The summed E-state index contributed by atoms with van der Waals surface area (Å²) in [6.45, 7) is 15.8. The standard InChI is InChI=1S/C47H91NO5/c1-6-9-12-15-16-17-21-29-44(50)53-42-46(4,5)32-22-18-24-37-48(39-26-40-49)38-25-23-33-47(35-36-47)34-30-45(51)52-41-31-43(27-19-13-10-7-2)28-20-14-11-8-3/h43,49H,6-42H2,1-5H3. The van der Waals surface area contributed by atoms with Crippen molar-refractivity contribution in [2.24, 2.45) is 16.7 Å². The van der Waals surface area contributed by atoms with Gasteiger partial charge in [-0.05, 0) is 94.0 Å². The first-order valence-corrected chi connectivity index (χ1v) is 23.3. The van der Waals surface area contributed by atoms with Crippen LogP contribution in [0.5, 0.6) is 0 Å². The van der Waals surface area contributed by atoms with E-state index in [9.17, 15) is 14.7 Å². The second kappa shape index (κ2) is 33.0. The molecule has 1 rings (SSSR count). The summed E-state index contributed by atoms with van der Waals surface area (Å²) in [7, 11) is 0. The van der Waals surface area contributed by atoms with Gasteiger partial charge in [-0.15, -0.1) is 0 Å². The minimum absolute atomic E-state index is 0.0189. The Balaban J connectivity index is 2.23. The maximum atomic E-state index is 12.7. The van der Waals surface area contributed by atoms with E-state index in [4.69, 9.17) is 9.47 Å². The molecule has 1 saturated carbocycles. The third-order valence-corrected chi connectivity index (χ3v) is 12.0. The SMILES string of the molecule is CCCCCCCCCC(=O)OCC(C)(C)CCCCCN(CCCO)CCCCC1(CCC(=O)OCCC(CCCCCC)CCCCCC)CC1. The van der Waals surface area contributed by atoms with Crippen molar-refractivity contribution in [3.8, 4) is 0 Å². The highest BCUT2D eigenvalue weighted by molar-refractivity contribution is 5.69. The first kappa shape index (κ1) is 49.9. The van der Waals surface area contributed by atoms with Gasteiger partial charge in [-0.3, -0.25) is 9.59 Å². The van der Waals surface area contributed by atoms with E-state index in [2.05, 4.69) is 39.5 Å². The van der Waals surface area contributed by atoms with E-state index in [0.29, 0.717) is 37.4 Å². The van der Waals surface area contributed by atoms with Crippen molar-refractivity contribution in [3.63, 3.8) is 0 Å². The van der Waals surface area contributed by atoms with Crippen molar-refractivity contribution in [1.29, 1.82) is 0 Å². The lowest BCUT2D eigenvalue weighted by Crippen LogP contribution is -2.28. The summed E-state index contributed by atoms with van der Waals surface area (Å²) in [5, 5.41) is 9.48. The van der Waals surface area contributed by atoms with Crippen molar-refractivity contribution < 1.29 is 24.2 Å². The maximum Gasteiger partial charge on any atom is 0.305 e. The van der Waals surface area contributed by atoms with Gasteiger partial charge < -0.3 is 19.5 Å². The molecule has 0 unspecified atom stereocenters. The molecule has 314 valence electrons. The van der Waals surface area contributed by atoms with E-state index < -0.39 is 0 Å². The van der Waals surface area contributed by atoms with Crippen LogP contribution in [0.1, 0.15) is 234 Å². The normalized spacial score (nSPS) is 14.0. The number of unbranched alkanes of at least 4 members (excludes halogenated alkanes) is 15. The minimum Gasteiger partial charge on any atom is -0.466 e. The molecule has 1 N–H and O–H groups in total. The molecule has 0 amide bonds. The average Bonchev–Trinajstić information content (AvgIpc) is 3.92. The van der Waals surface area contributed by atoms with Crippen LogP contribution in [0.25, 0.3) is 0 Å². The lowest BCUT2D eigenvalue weighted by molar-refractivity contribution is -0.147. The number of ether oxygens (including phenoxy) is 2. The molecule has 0 bridgehead atoms. The first-order valence-electron chi connectivity index (χ1n) is 23.3. The molecular formula is C47H91NO5. The Morgan fingerprint density at radius 2 is 1.13 bits per heavy atom. The lowest BCUT2D eigenvalue weighted by Gasteiger charge is -2.25. The number of rotatable bonds is 40. The number of carbonyl (C=O) groups is 2. The Bertz CT molecular complexity index is 844. The maximum absolute atomic E-state index is 12.7. The van der Waals surface area contributed by atoms with E-state index in [1.165, 1.54) is 141 Å². The second-order valence-electron chi connectivity index (χ2n) is 18.0. The molecule has 1 aliphatic rings. The van der Waals surface area contributed by atoms with Crippen molar-refractivity contribution in [3.05, 3.63) is 0 Å². The van der Waals surface area contributed by atoms with Gasteiger partial charge in [0.2, 0.25) is 0 Å². The smallest absolute Gasteiger partial charge is 0.305 e. The van der Waals surface area contributed by atoms with Crippen LogP contribution in [0.15, 0.2) is 0 Å². The highest BCUT2D eigenvalue weighted by Gasteiger charge is 2.41. The van der Waals surface area contributed by atoms with Gasteiger partial charge >= 0.3 is 11.9 Å². The molecule has 53 heavy (non-hydrogen) atoms. The van der Waals surface area contributed by atoms with E-state index in [0.717, 1.165) is 64.6 Å². The number of aliphatic hydroxyl groups is 1. The largest absolute Gasteiger partial charge is 0.466 e.